The number of methoxy groups -OCH3 is 1. The van der Waals surface area contributed by atoms with Crippen LogP contribution in [-0.2, 0) is 0 Å². The van der Waals surface area contributed by atoms with Gasteiger partial charge in [0.25, 0.3) is 5.91 Å². The topological polar surface area (TPSA) is 55.6 Å². The zero-order valence-corrected chi connectivity index (χ0v) is 11.1. The van der Waals surface area contributed by atoms with E-state index >= 15 is 0 Å². The summed E-state index contributed by atoms with van der Waals surface area (Å²) >= 11 is 0. The molecule has 0 heterocycles. The molecule has 4 heteroatoms. The highest BCUT2D eigenvalue weighted by Crippen LogP contribution is 2.38. The van der Waals surface area contributed by atoms with E-state index in [-0.39, 0.29) is 5.91 Å². The maximum absolute atomic E-state index is 12.2. The monoisotopic (exact) mass is 248 g/mol. The fraction of sp³-hybridized carbons (Fsp3) is 0.500. The standard InChI is InChI=1S/C14H20N2O2/c1-9-6-11(9)8-16(2)14(17)10-4-5-12(15)13(7-10)18-3/h4-5,7,9,11H,6,8,15H2,1-3H3. The zero-order chi connectivity index (χ0) is 13.3. The number of amides is 1. The Morgan fingerprint density at radius 3 is 2.78 bits per heavy atom. The molecule has 0 aliphatic heterocycles. The van der Waals surface area contributed by atoms with Gasteiger partial charge in [0.1, 0.15) is 5.75 Å². The zero-order valence-electron chi connectivity index (χ0n) is 11.1. The summed E-state index contributed by atoms with van der Waals surface area (Å²) in [5, 5.41) is 0. The van der Waals surface area contributed by atoms with Gasteiger partial charge in [-0.3, -0.25) is 4.79 Å². The molecule has 0 saturated heterocycles. The molecule has 1 amide bonds. The second kappa shape index (κ2) is 4.88. The average Bonchev–Trinajstić information content (AvgIpc) is 3.04. The van der Waals surface area contributed by atoms with Crippen molar-refractivity contribution >= 4 is 11.6 Å². The molecule has 0 radical (unpaired) electrons. The van der Waals surface area contributed by atoms with Gasteiger partial charge in [0.15, 0.2) is 0 Å². The van der Waals surface area contributed by atoms with Gasteiger partial charge in [-0.05, 0) is 36.5 Å². The van der Waals surface area contributed by atoms with Crippen molar-refractivity contribution in [1.82, 2.24) is 4.90 Å². The number of nitrogen functional groups attached to an aromatic ring is 1. The number of anilines is 1. The predicted octanol–water partition coefficient (Wildman–Crippen LogP) is 2.01. The van der Waals surface area contributed by atoms with E-state index < -0.39 is 0 Å². The van der Waals surface area contributed by atoms with Crippen LogP contribution in [0.1, 0.15) is 23.7 Å². The molecule has 18 heavy (non-hydrogen) atoms. The lowest BCUT2D eigenvalue weighted by Gasteiger charge is -2.17. The van der Waals surface area contributed by atoms with E-state index in [0.29, 0.717) is 22.9 Å². The van der Waals surface area contributed by atoms with E-state index in [2.05, 4.69) is 6.92 Å². The Balaban J connectivity index is 2.07. The number of hydrogen-bond acceptors (Lipinski definition) is 3. The van der Waals surface area contributed by atoms with Crippen LogP contribution in [0.15, 0.2) is 18.2 Å². The molecule has 1 aliphatic rings. The molecule has 0 aromatic heterocycles. The first-order chi connectivity index (χ1) is 8.52. The van der Waals surface area contributed by atoms with Crippen LogP contribution in [0.5, 0.6) is 5.75 Å². The van der Waals surface area contributed by atoms with E-state index in [1.165, 1.54) is 6.42 Å². The van der Waals surface area contributed by atoms with E-state index in [9.17, 15) is 4.79 Å². The second-order valence-corrected chi connectivity index (χ2v) is 5.12. The van der Waals surface area contributed by atoms with Gasteiger partial charge in [-0.25, -0.2) is 0 Å². The SMILES string of the molecule is COc1cc(C(=O)N(C)CC2CC2C)ccc1N. The van der Waals surface area contributed by atoms with E-state index in [4.69, 9.17) is 10.5 Å². The molecule has 4 nitrogen and oxygen atoms in total. The smallest absolute Gasteiger partial charge is 0.253 e. The summed E-state index contributed by atoms with van der Waals surface area (Å²) in [6, 6.07) is 5.15. The van der Waals surface area contributed by atoms with Crippen molar-refractivity contribution in [3.8, 4) is 5.75 Å². The highest BCUT2D eigenvalue weighted by molar-refractivity contribution is 5.95. The number of hydrogen-bond donors (Lipinski definition) is 1. The summed E-state index contributed by atoms with van der Waals surface area (Å²) in [6.07, 6.45) is 1.22. The molecule has 0 spiro atoms. The van der Waals surface area contributed by atoms with Crippen LogP contribution in [0.3, 0.4) is 0 Å². The van der Waals surface area contributed by atoms with Crippen molar-refractivity contribution in [3.63, 3.8) is 0 Å². The van der Waals surface area contributed by atoms with Crippen LogP contribution >= 0.6 is 0 Å². The van der Waals surface area contributed by atoms with Crippen molar-refractivity contribution in [2.24, 2.45) is 11.8 Å². The van der Waals surface area contributed by atoms with Crippen molar-refractivity contribution in [2.75, 3.05) is 26.4 Å². The minimum absolute atomic E-state index is 0.0207. The van der Waals surface area contributed by atoms with Crippen LogP contribution in [0.25, 0.3) is 0 Å². The Bertz CT molecular complexity index is 459. The Labute approximate surface area is 108 Å². The first-order valence-electron chi connectivity index (χ1n) is 6.22. The van der Waals surface area contributed by atoms with Gasteiger partial charge in [-0.15, -0.1) is 0 Å². The van der Waals surface area contributed by atoms with Crippen LogP contribution in [0.4, 0.5) is 5.69 Å². The third-order valence-electron chi connectivity index (χ3n) is 3.61. The third kappa shape index (κ3) is 2.58. The number of nitrogens with zero attached hydrogens (tertiary/aromatic N) is 1. The summed E-state index contributed by atoms with van der Waals surface area (Å²) in [7, 11) is 3.39. The first-order valence-corrected chi connectivity index (χ1v) is 6.22. The fourth-order valence-corrected chi connectivity index (χ4v) is 2.15. The fourth-order valence-electron chi connectivity index (χ4n) is 2.15. The maximum atomic E-state index is 12.2. The highest BCUT2D eigenvalue weighted by atomic mass is 16.5. The number of carbonyl (C=O) groups excluding carboxylic acids is 1. The molecule has 2 N–H and O–H groups in total. The molecule has 1 aromatic carbocycles. The predicted molar refractivity (Wildman–Crippen MR) is 71.6 cm³/mol. The summed E-state index contributed by atoms with van der Waals surface area (Å²) in [4.78, 5) is 14.0. The van der Waals surface area contributed by atoms with Gasteiger partial charge in [-0.2, -0.15) is 0 Å². The number of ether oxygens (including phenoxy) is 1. The van der Waals surface area contributed by atoms with Crippen LogP contribution in [0, 0.1) is 11.8 Å². The lowest BCUT2D eigenvalue weighted by Crippen LogP contribution is -2.29. The van der Waals surface area contributed by atoms with E-state index in [1.54, 1.807) is 30.2 Å². The molecule has 1 aromatic rings. The molecule has 1 fully saturated rings. The van der Waals surface area contributed by atoms with Gasteiger partial charge in [-0.1, -0.05) is 6.92 Å². The molecular formula is C14H20N2O2. The van der Waals surface area contributed by atoms with Crippen molar-refractivity contribution in [1.29, 1.82) is 0 Å². The maximum Gasteiger partial charge on any atom is 0.253 e. The first kappa shape index (κ1) is 12.7. The van der Waals surface area contributed by atoms with Crippen molar-refractivity contribution < 1.29 is 9.53 Å². The Morgan fingerprint density at radius 1 is 1.56 bits per heavy atom. The summed E-state index contributed by atoms with van der Waals surface area (Å²) in [5.41, 5.74) is 6.91. The number of carbonyl (C=O) groups is 1. The van der Waals surface area contributed by atoms with Gasteiger partial charge in [0.05, 0.1) is 12.8 Å². The second-order valence-electron chi connectivity index (χ2n) is 5.12. The summed E-state index contributed by atoms with van der Waals surface area (Å²) in [6.45, 7) is 3.04. The number of benzene rings is 1. The van der Waals surface area contributed by atoms with Crippen molar-refractivity contribution in [3.05, 3.63) is 23.8 Å². The molecule has 1 saturated carbocycles. The summed E-state index contributed by atoms with van der Waals surface area (Å²) < 4.78 is 5.13. The van der Waals surface area contributed by atoms with Gasteiger partial charge in [0, 0.05) is 19.2 Å². The third-order valence-corrected chi connectivity index (χ3v) is 3.61. The van der Waals surface area contributed by atoms with Crippen LogP contribution < -0.4 is 10.5 Å². The largest absolute Gasteiger partial charge is 0.495 e. The molecule has 2 unspecified atom stereocenters. The lowest BCUT2D eigenvalue weighted by molar-refractivity contribution is 0.0786. The van der Waals surface area contributed by atoms with E-state index in [0.717, 1.165) is 12.5 Å². The molecule has 2 rings (SSSR count). The van der Waals surface area contributed by atoms with Crippen molar-refractivity contribution in [2.45, 2.75) is 13.3 Å². The number of rotatable bonds is 4. The Morgan fingerprint density at radius 2 is 2.22 bits per heavy atom. The van der Waals surface area contributed by atoms with Crippen LogP contribution in [-0.4, -0.2) is 31.5 Å². The quantitative estimate of drug-likeness (QED) is 0.829. The Hall–Kier alpha value is -1.71. The molecule has 0 bridgehead atoms. The van der Waals surface area contributed by atoms with Gasteiger partial charge in [0.2, 0.25) is 0 Å². The van der Waals surface area contributed by atoms with Crippen LogP contribution in [0.2, 0.25) is 0 Å². The minimum atomic E-state index is 0.0207. The van der Waals surface area contributed by atoms with Gasteiger partial charge >= 0.3 is 0 Å². The molecular weight excluding hydrogens is 228 g/mol. The van der Waals surface area contributed by atoms with Gasteiger partial charge < -0.3 is 15.4 Å². The lowest BCUT2D eigenvalue weighted by atomic mass is 10.1. The molecule has 98 valence electrons. The summed E-state index contributed by atoms with van der Waals surface area (Å²) in [5.74, 6) is 1.98. The van der Waals surface area contributed by atoms with E-state index in [1.807, 2.05) is 7.05 Å². The number of nitrogens with two attached hydrogens (primary N) is 1. The average molecular weight is 248 g/mol. The Kier molecular flexibility index (Phi) is 3.45. The highest BCUT2D eigenvalue weighted by Gasteiger charge is 2.34. The molecule has 2 atom stereocenters. The normalized spacial score (nSPS) is 21.5. The minimum Gasteiger partial charge on any atom is -0.495 e. The molecule has 1 aliphatic carbocycles.